The normalized spacial score (nSPS) is 17.8. The SMILES string of the molecule is CC(c1cc(N(C)C)nc2ccccc12)C1(C(C)c2cc(N(C)C)nc3ccccc23)NC(=O)N(c2ccc(OC(F)(F)F)cc2)C1=O. The van der Waals surface area contributed by atoms with E-state index in [0.717, 1.165) is 50.0 Å². The van der Waals surface area contributed by atoms with E-state index in [-0.39, 0.29) is 5.69 Å². The molecule has 0 bridgehead atoms. The lowest BCUT2D eigenvalue weighted by Crippen LogP contribution is -2.55. The van der Waals surface area contributed by atoms with Crippen molar-refractivity contribution >= 4 is 51.1 Å². The molecule has 0 spiro atoms. The maximum atomic E-state index is 15.1. The highest BCUT2D eigenvalue weighted by atomic mass is 19.4. The molecule has 1 N–H and O–H groups in total. The smallest absolute Gasteiger partial charge is 0.406 e. The first kappa shape index (κ1) is 32.5. The number of carbonyl (C=O) groups is 2. The summed E-state index contributed by atoms with van der Waals surface area (Å²) in [6, 6.07) is 23.1. The minimum absolute atomic E-state index is 0.107. The fraction of sp³-hybridized carbons (Fsp3) is 0.278. The molecule has 3 amide bonds. The van der Waals surface area contributed by atoms with E-state index in [1.165, 1.54) is 12.1 Å². The first-order chi connectivity index (χ1) is 22.7. The third-order valence-electron chi connectivity index (χ3n) is 9.09. The number of benzene rings is 3. The second kappa shape index (κ2) is 12.0. The van der Waals surface area contributed by atoms with E-state index in [4.69, 9.17) is 9.97 Å². The maximum Gasteiger partial charge on any atom is 0.573 e. The number of halogens is 3. The summed E-state index contributed by atoms with van der Waals surface area (Å²) in [7, 11) is 7.52. The molecule has 1 fully saturated rings. The summed E-state index contributed by atoms with van der Waals surface area (Å²) in [6.45, 7) is 3.83. The van der Waals surface area contributed by atoms with Crippen molar-refractivity contribution in [3.05, 3.63) is 96.1 Å². The predicted octanol–water partition coefficient (Wildman–Crippen LogP) is 7.22. The predicted molar refractivity (Wildman–Crippen MR) is 181 cm³/mol. The fourth-order valence-corrected chi connectivity index (χ4v) is 6.60. The molecular weight excluding hydrogens is 621 g/mol. The minimum Gasteiger partial charge on any atom is -0.406 e. The van der Waals surface area contributed by atoms with Crippen molar-refractivity contribution in [1.82, 2.24) is 15.3 Å². The van der Waals surface area contributed by atoms with Gasteiger partial charge in [0.25, 0.3) is 5.91 Å². The van der Waals surface area contributed by atoms with Gasteiger partial charge in [-0.1, -0.05) is 50.2 Å². The Balaban J connectivity index is 1.57. The van der Waals surface area contributed by atoms with E-state index in [1.807, 2.05) is 113 Å². The number of anilines is 3. The summed E-state index contributed by atoms with van der Waals surface area (Å²) >= 11 is 0. The Kier molecular flexibility index (Phi) is 8.14. The van der Waals surface area contributed by atoms with Crippen LogP contribution in [0.3, 0.4) is 0 Å². The van der Waals surface area contributed by atoms with Gasteiger partial charge >= 0.3 is 12.4 Å². The zero-order chi connectivity index (χ0) is 34.5. The van der Waals surface area contributed by atoms with Crippen molar-refractivity contribution in [2.75, 3.05) is 42.9 Å². The van der Waals surface area contributed by atoms with Crippen LogP contribution < -0.4 is 24.8 Å². The summed E-state index contributed by atoms with van der Waals surface area (Å²) < 4.78 is 42.7. The number of fused-ring (bicyclic) bond motifs is 2. The zero-order valence-electron chi connectivity index (χ0n) is 27.3. The number of para-hydroxylation sites is 2. The number of carbonyl (C=O) groups excluding carboxylic acids is 2. The largest absolute Gasteiger partial charge is 0.573 e. The summed E-state index contributed by atoms with van der Waals surface area (Å²) in [6.07, 6.45) is -4.89. The van der Waals surface area contributed by atoms with Crippen LogP contribution in [0, 0.1) is 0 Å². The molecular formula is C36H35F3N6O3. The molecule has 0 radical (unpaired) electrons. The van der Waals surface area contributed by atoms with Gasteiger partial charge in [-0.2, -0.15) is 0 Å². The number of nitrogens with zero attached hydrogens (tertiary/aromatic N) is 5. The number of alkyl halides is 3. The summed E-state index contributed by atoms with van der Waals surface area (Å²) in [4.78, 5) is 43.5. The van der Waals surface area contributed by atoms with E-state index in [2.05, 4.69) is 10.1 Å². The Morgan fingerprint density at radius 3 is 1.65 bits per heavy atom. The molecule has 2 unspecified atom stereocenters. The molecule has 3 heterocycles. The quantitative estimate of drug-likeness (QED) is 0.177. The van der Waals surface area contributed by atoms with E-state index in [0.29, 0.717) is 11.6 Å². The van der Waals surface area contributed by atoms with E-state index in [1.54, 1.807) is 0 Å². The average molecular weight is 657 g/mol. The number of amides is 3. The molecule has 9 nitrogen and oxygen atoms in total. The van der Waals surface area contributed by atoms with Crippen molar-refractivity contribution in [2.45, 2.75) is 37.6 Å². The van der Waals surface area contributed by atoms with Gasteiger partial charge in [0.1, 0.15) is 22.9 Å². The number of nitrogens with one attached hydrogen (secondary N) is 1. The van der Waals surface area contributed by atoms with Crippen LogP contribution >= 0.6 is 0 Å². The van der Waals surface area contributed by atoms with Crippen LogP contribution in [0.15, 0.2) is 84.9 Å². The van der Waals surface area contributed by atoms with Crippen molar-refractivity contribution in [3.8, 4) is 5.75 Å². The van der Waals surface area contributed by atoms with Crippen LogP contribution in [0.4, 0.5) is 35.3 Å². The Morgan fingerprint density at radius 1 is 0.750 bits per heavy atom. The van der Waals surface area contributed by atoms with Crippen molar-refractivity contribution in [3.63, 3.8) is 0 Å². The molecule has 1 aliphatic heterocycles. The topological polar surface area (TPSA) is 90.9 Å². The molecule has 1 aliphatic rings. The molecule has 48 heavy (non-hydrogen) atoms. The van der Waals surface area contributed by atoms with Gasteiger partial charge in [-0.15, -0.1) is 13.2 Å². The van der Waals surface area contributed by atoms with Gasteiger partial charge in [-0.05, 0) is 59.7 Å². The number of urea groups is 1. The van der Waals surface area contributed by atoms with Gasteiger partial charge in [0.15, 0.2) is 0 Å². The highest BCUT2D eigenvalue weighted by Crippen LogP contribution is 2.48. The standard InChI is InChI=1S/C36H35F3N6O3/c1-21(27-19-31(43(3)4)40-29-13-9-7-11-25(27)29)35(22(2)28-20-32(44(5)6)41-30-14-10-8-12-26(28)30)33(46)45(34(47)42-35)23-15-17-24(18-16-23)48-36(37,38)39/h7-22H,1-6H3,(H,42,47). The maximum absolute atomic E-state index is 15.1. The van der Waals surface area contributed by atoms with Gasteiger partial charge in [0.2, 0.25) is 0 Å². The lowest BCUT2D eigenvalue weighted by molar-refractivity contribution is -0.274. The summed E-state index contributed by atoms with van der Waals surface area (Å²) in [5.74, 6) is -0.902. The highest BCUT2D eigenvalue weighted by Gasteiger charge is 2.59. The molecule has 2 atom stereocenters. The van der Waals surface area contributed by atoms with E-state index >= 15 is 4.79 Å². The number of pyridine rings is 2. The minimum atomic E-state index is -4.89. The molecule has 6 rings (SSSR count). The van der Waals surface area contributed by atoms with Crippen molar-refractivity contribution in [1.29, 1.82) is 0 Å². The molecule has 12 heteroatoms. The van der Waals surface area contributed by atoms with Crippen LogP contribution in [0.1, 0.15) is 36.8 Å². The number of rotatable bonds is 8. The van der Waals surface area contributed by atoms with Crippen molar-refractivity contribution in [2.24, 2.45) is 0 Å². The van der Waals surface area contributed by atoms with Gasteiger partial charge in [-0.3, -0.25) is 4.79 Å². The monoisotopic (exact) mass is 656 g/mol. The van der Waals surface area contributed by atoms with Gasteiger partial charge in [0.05, 0.1) is 16.7 Å². The number of hydrogen-bond acceptors (Lipinski definition) is 7. The van der Waals surface area contributed by atoms with Crippen LogP contribution in [0.25, 0.3) is 21.8 Å². The van der Waals surface area contributed by atoms with E-state index < -0.39 is 41.4 Å². The molecule has 0 aliphatic carbocycles. The third kappa shape index (κ3) is 5.61. The molecule has 5 aromatic rings. The van der Waals surface area contributed by atoms with Crippen LogP contribution in [-0.4, -0.2) is 62.0 Å². The lowest BCUT2D eigenvalue weighted by atomic mass is 9.68. The lowest BCUT2D eigenvalue weighted by Gasteiger charge is -2.40. The molecule has 1 saturated heterocycles. The fourth-order valence-electron chi connectivity index (χ4n) is 6.60. The summed E-state index contributed by atoms with van der Waals surface area (Å²) in [5.41, 5.74) is 1.60. The van der Waals surface area contributed by atoms with Gasteiger partial charge in [-0.25, -0.2) is 19.7 Å². The first-order valence-corrected chi connectivity index (χ1v) is 15.4. The van der Waals surface area contributed by atoms with Gasteiger partial charge in [0, 0.05) is 50.8 Å². The number of imide groups is 1. The molecule has 248 valence electrons. The first-order valence-electron chi connectivity index (χ1n) is 15.4. The second-order valence-electron chi connectivity index (χ2n) is 12.4. The molecule has 3 aromatic carbocycles. The number of hydrogen-bond donors (Lipinski definition) is 1. The Hall–Kier alpha value is -5.39. The zero-order valence-corrected chi connectivity index (χ0v) is 27.3. The Morgan fingerprint density at radius 2 is 1.21 bits per heavy atom. The second-order valence-corrected chi connectivity index (χ2v) is 12.4. The number of aromatic nitrogens is 2. The van der Waals surface area contributed by atoms with E-state index in [9.17, 15) is 18.0 Å². The average Bonchev–Trinajstić information content (AvgIpc) is 3.32. The van der Waals surface area contributed by atoms with Gasteiger partial charge < -0.3 is 19.9 Å². The van der Waals surface area contributed by atoms with Crippen LogP contribution in [0.5, 0.6) is 5.75 Å². The Labute approximate surface area is 275 Å². The molecule has 0 saturated carbocycles. The van der Waals surface area contributed by atoms with Crippen molar-refractivity contribution < 1.29 is 27.5 Å². The summed E-state index contributed by atoms with van der Waals surface area (Å²) in [5, 5.41) is 4.75. The van der Waals surface area contributed by atoms with Crippen LogP contribution in [-0.2, 0) is 4.79 Å². The number of ether oxygens (including phenoxy) is 1. The Bertz CT molecular complexity index is 1930. The van der Waals surface area contributed by atoms with Crippen LogP contribution in [0.2, 0.25) is 0 Å². The highest BCUT2D eigenvalue weighted by molar-refractivity contribution is 6.24. The third-order valence-corrected chi connectivity index (χ3v) is 9.09. The molecule has 2 aromatic heterocycles.